The lowest BCUT2D eigenvalue weighted by Crippen LogP contribution is -2.30. The minimum Gasteiger partial charge on any atom is -0.508 e. The van der Waals surface area contributed by atoms with Gasteiger partial charge in [0.2, 0.25) is 0 Å². The van der Waals surface area contributed by atoms with E-state index in [9.17, 15) is 14.7 Å². The van der Waals surface area contributed by atoms with Gasteiger partial charge in [0.1, 0.15) is 17.3 Å². The Labute approximate surface area is 191 Å². The third-order valence-electron chi connectivity index (χ3n) is 5.80. The summed E-state index contributed by atoms with van der Waals surface area (Å²) in [6.07, 6.45) is 2.51. The van der Waals surface area contributed by atoms with E-state index >= 15 is 0 Å². The summed E-state index contributed by atoms with van der Waals surface area (Å²) in [6, 6.07) is 6.74. The quantitative estimate of drug-likeness (QED) is 0.542. The number of phenolic OH excluding ortho intramolecular Hbond substituents is 1. The molecule has 3 N–H and O–H groups in total. The highest BCUT2D eigenvalue weighted by atomic mass is 79.9. The van der Waals surface area contributed by atoms with Crippen LogP contribution in [-0.4, -0.2) is 47.7 Å². The van der Waals surface area contributed by atoms with Crippen LogP contribution in [0.5, 0.6) is 11.5 Å². The number of ketones is 1. The molecule has 0 radical (unpaired) electrons. The maximum atomic E-state index is 13.1. The number of nitrogens with zero attached hydrogens (tertiary/aromatic N) is 1. The summed E-state index contributed by atoms with van der Waals surface area (Å²) in [6.45, 7) is 2.76. The van der Waals surface area contributed by atoms with Crippen molar-refractivity contribution >= 4 is 34.5 Å². The number of amidine groups is 1. The molecule has 0 saturated carbocycles. The number of rotatable bonds is 6. The van der Waals surface area contributed by atoms with Gasteiger partial charge in [0.05, 0.1) is 18.7 Å². The Morgan fingerprint density at radius 2 is 1.94 bits per heavy atom. The van der Waals surface area contributed by atoms with Crippen molar-refractivity contribution in [2.45, 2.75) is 32.7 Å². The molecule has 1 heterocycles. The molecule has 0 saturated heterocycles. The number of amides is 1. The topological polar surface area (TPSA) is 103 Å². The molecule has 0 bridgehead atoms. The van der Waals surface area contributed by atoms with Gasteiger partial charge >= 0.3 is 0 Å². The van der Waals surface area contributed by atoms with Crippen LogP contribution in [0.4, 0.5) is 0 Å². The molecule has 0 spiro atoms. The number of Topliss-reactive ketones (excluding diaryl/α,β-unsaturated/α-hetero) is 1. The molecule has 7 nitrogen and oxygen atoms in total. The highest BCUT2D eigenvalue weighted by Crippen LogP contribution is 2.34. The largest absolute Gasteiger partial charge is 0.508 e. The molecule has 2 aromatic rings. The molecule has 0 unspecified atom stereocenters. The minimum absolute atomic E-state index is 0. The van der Waals surface area contributed by atoms with Crippen molar-refractivity contribution in [3.8, 4) is 11.5 Å². The third kappa shape index (κ3) is 4.04. The minimum atomic E-state index is -0.275. The van der Waals surface area contributed by atoms with Gasteiger partial charge in [0.15, 0.2) is 5.78 Å². The fourth-order valence-electron chi connectivity index (χ4n) is 4.36. The maximum absolute atomic E-state index is 13.1. The molecular formula is C23H26BrN3O4. The lowest BCUT2D eigenvalue weighted by Gasteiger charge is -2.18. The lowest BCUT2D eigenvalue weighted by molar-refractivity contribution is 0.0952. The highest BCUT2D eigenvalue weighted by Gasteiger charge is 2.30. The Bertz CT molecular complexity index is 1070. The first-order chi connectivity index (χ1) is 14.4. The summed E-state index contributed by atoms with van der Waals surface area (Å²) in [5.74, 6) is 0.617. The van der Waals surface area contributed by atoms with Crippen LogP contribution in [0.2, 0.25) is 0 Å². The number of benzene rings is 2. The molecule has 2 aromatic carbocycles. The van der Waals surface area contributed by atoms with Gasteiger partial charge in [-0.3, -0.25) is 15.0 Å². The number of ether oxygens (including phenoxy) is 1. The van der Waals surface area contributed by atoms with Crippen LogP contribution in [0.15, 0.2) is 24.3 Å². The average molecular weight is 488 g/mol. The van der Waals surface area contributed by atoms with Gasteiger partial charge in [-0.25, -0.2) is 0 Å². The van der Waals surface area contributed by atoms with Crippen LogP contribution < -0.4 is 10.1 Å². The van der Waals surface area contributed by atoms with Crippen LogP contribution >= 0.6 is 17.0 Å². The summed E-state index contributed by atoms with van der Waals surface area (Å²) >= 11 is 0. The van der Waals surface area contributed by atoms with Crippen molar-refractivity contribution in [1.82, 2.24) is 10.2 Å². The van der Waals surface area contributed by atoms with Crippen molar-refractivity contribution in [3.63, 3.8) is 0 Å². The van der Waals surface area contributed by atoms with Crippen molar-refractivity contribution in [2.24, 2.45) is 0 Å². The van der Waals surface area contributed by atoms with Crippen LogP contribution in [0.1, 0.15) is 56.3 Å². The van der Waals surface area contributed by atoms with E-state index < -0.39 is 0 Å². The summed E-state index contributed by atoms with van der Waals surface area (Å²) in [7, 11) is 1.55. The maximum Gasteiger partial charge on any atom is 0.254 e. The first-order valence-corrected chi connectivity index (χ1v) is 10.2. The van der Waals surface area contributed by atoms with Crippen molar-refractivity contribution in [1.29, 1.82) is 5.41 Å². The number of hydrogen-bond acceptors (Lipinski definition) is 5. The zero-order chi connectivity index (χ0) is 21.4. The molecule has 164 valence electrons. The molecule has 8 heteroatoms. The molecule has 4 rings (SSSR count). The molecule has 0 fully saturated rings. The number of fused-ring (bicyclic) bond motifs is 2. The number of aromatic hydroxyl groups is 1. The Morgan fingerprint density at radius 1 is 1.19 bits per heavy atom. The van der Waals surface area contributed by atoms with E-state index in [0.29, 0.717) is 35.6 Å². The normalized spacial score (nSPS) is 14.0. The number of halogens is 1. The lowest BCUT2D eigenvalue weighted by atomic mass is 9.99. The third-order valence-corrected chi connectivity index (χ3v) is 5.80. The second-order valence-corrected chi connectivity index (χ2v) is 7.59. The molecule has 0 aromatic heterocycles. The molecular weight excluding hydrogens is 462 g/mol. The second kappa shape index (κ2) is 9.09. The SMILES string of the molecule is Br.CCOc1cc2c(cc1C(=O)NC)C(=N)N(CC(=O)c1ccc(O)c3c1CCC3)C2. The van der Waals surface area contributed by atoms with E-state index in [1.807, 2.05) is 6.92 Å². The molecule has 2 aliphatic rings. The van der Waals surface area contributed by atoms with Crippen molar-refractivity contribution < 1.29 is 19.4 Å². The Kier molecular flexibility index (Phi) is 6.69. The Morgan fingerprint density at radius 3 is 2.65 bits per heavy atom. The predicted octanol–water partition coefficient (Wildman–Crippen LogP) is 3.24. The first-order valence-electron chi connectivity index (χ1n) is 10.2. The van der Waals surface area contributed by atoms with E-state index in [4.69, 9.17) is 10.1 Å². The van der Waals surface area contributed by atoms with Gasteiger partial charge < -0.3 is 20.1 Å². The van der Waals surface area contributed by atoms with Gasteiger partial charge in [-0.1, -0.05) is 0 Å². The van der Waals surface area contributed by atoms with Crippen LogP contribution in [0, 0.1) is 5.41 Å². The van der Waals surface area contributed by atoms with Gasteiger partial charge in [-0.05, 0) is 67.1 Å². The number of carbonyl (C=O) groups excluding carboxylic acids is 2. The predicted molar refractivity (Wildman–Crippen MR) is 123 cm³/mol. The van der Waals surface area contributed by atoms with Crippen LogP contribution in [-0.2, 0) is 19.4 Å². The zero-order valence-electron chi connectivity index (χ0n) is 17.6. The molecule has 0 atom stereocenters. The summed E-state index contributed by atoms with van der Waals surface area (Å²) in [5, 5.41) is 21.2. The highest BCUT2D eigenvalue weighted by molar-refractivity contribution is 8.93. The summed E-state index contributed by atoms with van der Waals surface area (Å²) in [4.78, 5) is 27.0. The molecule has 1 aliphatic heterocycles. The van der Waals surface area contributed by atoms with E-state index in [-0.39, 0.29) is 46.8 Å². The summed E-state index contributed by atoms with van der Waals surface area (Å²) < 4.78 is 5.63. The van der Waals surface area contributed by atoms with E-state index in [1.54, 1.807) is 36.2 Å². The molecule has 1 amide bonds. The second-order valence-electron chi connectivity index (χ2n) is 7.59. The first kappa shape index (κ1) is 22.8. The zero-order valence-corrected chi connectivity index (χ0v) is 19.3. The van der Waals surface area contributed by atoms with Crippen molar-refractivity contribution in [2.75, 3.05) is 20.2 Å². The number of carbonyl (C=O) groups is 2. The fourth-order valence-corrected chi connectivity index (χ4v) is 4.36. The van der Waals surface area contributed by atoms with Gasteiger partial charge in [-0.2, -0.15) is 0 Å². The van der Waals surface area contributed by atoms with Gasteiger partial charge in [-0.15, -0.1) is 17.0 Å². The van der Waals surface area contributed by atoms with Crippen molar-refractivity contribution in [3.05, 3.63) is 57.6 Å². The standard InChI is InChI=1S/C23H25N3O4.BrH/c1-3-30-21-9-13-11-26(22(24)17(13)10-18(21)23(29)25-2)12-20(28)16-7-8-19(27)15-6-4-5-14(15)16;/h7-10,24,27H,3-6,11-12H2,1-2H3,(H,25,29);1H. The monoisotopic (exact) mass is 487 g/mol. The van der Waals surface area contributed by atoms with E-state index in [1.165, 1.54) is 0 Å². The number of phenols is 1. The molecule has 1 aliphatic carbocycles. The van der Waals surface area contributed by atoms with Crippen LogP contribution in [0.25, 0.3) is 0 Å². The Balaban J connectivity index is 0.00000272. The Hall–Kier alpha value is -2.87. The molecule has 31 heavy (non-hydrogen) atoms. The van der Waals surface area contributed by atoms with Crippen LogP contribution in [0.3, 0.4) is 0 Å². The van der Waals surface area contributed by atoms with Gasteiger partial charge in [0.25, 0.3) is 5.91 Å². The smallest absolute Gasteiger partial charge is 0.254 e. The fraction of sp³-hybridized carbons (Fsp3) is 0.348. The average Bonchev–Trinajstić information content (AvgIpc) is 3.33. The number of nitrogens with one attached hydrogen (secondary N) is 2. The van der Waals surface area contributed by atoms with Gasteiger partial charge in [0, 0.05) is 24.7 Å². The summed E-state index contributed by atoms with van der Waals surface area (Å²) in [5.41, 5.74) is 4.32. The number of hydrogen-bond donors (Lipinski definition) is 3. The van der Waals surface area contributed by atoms with E-state index in [0.717, 1.165) is 36.0 Å². The van der Waals surface area contributed by atoms with E-state index in [2.05, 4.69) is 5.32 Å².